The molecule has 1 aliphatic rings. The van der Waals surface area contributed by atoms with E-state index in [1.54, 1.807) is 0 Å². The Kier molecular flexibility index (Phi) is 3.05. The van der Waals surface area contributed by atoms with Gasteiger partial charge in [0.25, 0.3) is 0 Å². The zero-order valence-electron chi connectivity index (χ0n) is 11.4. The van der Waals surface area contributed by atoms with Gasteiger partial charge in [-0.25, -0.2) is 0 Å². The van der Waals surface area contributed by atoms with Crippen molar-refractivity contribution in [1.29, 1.82) is 0 Å². The molecule has 0 aromatic heterocycles. The van der Waals surface area contributed by atoms with Crippen molar-refractivity contribution in [2.75, 3.05) is 6.61 Å². The zero-order chi connectivity index (χ0) is 12.8. The maximum Gasteiger partial charge on any atom is 0.127 e. The molecule has 2 heteroatoms. The van der Waals surface area contributed by atoms with Gasteiger partial charge < -0.3 is 4.74 Å². The Balaban J connectivity index is 2.65. The minimum Gasteiger partial charge on any atom is -0.492 e. The summed E-state index contributed by atoms with van der Waals surface area (Å²) in [4.78, 5) is 0. The molecule has 1 heterocycles. The first-order valence-electron chi connectivity index (χ1n) is 6.25. The Morgan fingerprint density at radius 3 is 2.53 bits per heavy atom. The van der Waals surface area contributed by atoms with Crippen molar-refractivity contribution < 1.29 is 4.74 Å². The van der Waals surface area contributed by atoms with Crippen molar-refractivity contribution >= 4 is 15.9 Å². The van der Waals surface area contributed by atoms with Crippen LogP contribution in [0.15, 0.2) is 16.6 Å². The van der Waals surface area contributed by atoms with Crippen molar-refractivity contribution in [3.63, 3.8) is 0 Å². The van der Waals surface area contributed by atoms with Gasteiger partial charge in [0.2, 0.25) is 0 Å². The van der Waals surface area contributed by atoms with Crippen LogP contribution in [-0.2, 0) is 10.8 Å². The summed E-state index contributed by atoms with van der Waals surface area (Å²) < 4.78 is 7.16. The third kappa shape index (κ3) is 2.12. The third-order valence-electron chi connectivity index (χ3n) is 3.83. The number of hydrogen-bond donors (Lipinski definition) is 0. The SMILES string of the molecule is CC[C@@]1(C)COc2c(C(C)(C)C)cc(Br)cc21. The molecule has 0 radical (unpaired) electrons. The fourth-order valence-corrected chi connectivity index (χ4v) is 2.81. The molecule has 0 saturated heterocycles. The van der Waals surface area contributed by atoms with Crippen molar-refractivity contribution in [1.82, 2.24) is 0 Å². The summed E-state index contributed by atoms with van der Waals surface area (Å²) in [5.74, 6) is 1.12. The van der Waals surface area contributed by atoms with Crippen LogP contribution in [0.25, 0.3) is 0 Å². The van der Waals surface area contributed by atoms with E-state index >= 15 is 0 Å². The van der Waals surface area contributed by atoms with Gasteiger partial charge in [-0.1, -0.05) is 50.5 Å². The lowest BCUT2D eigenvalue weighted by atomic mass is 9.78. The molecular weight excluding hydrogens is 276 g/mol. The molecule has 1 aromatic carbocycles. The zero-order valence-corrected chi connectivity index (χ0v) is 12.9. The average Bonchev–Trinajstić information content (AvgIpc) is 2.55. The highest BCUT2D eigenvalue weighted by atomic mass is 79.9. The summed E-state index contributed by atoms with van der Waals surface area (Å²) in [5, 5.41) is 0. The van der Waals surface area contributed by atoms with Crippen molar-refractivity contribution in [2.24, 2.45) is 0 Å². The Morgan fingerprint density at radius 2 is 2.00 bits per heavy atom. The molecule has 0 unspecified atom stereocenters. The van der Waals surface area contributed by atoms with E-state index in [1.807, 2.05) is 0 Å². The van der Waals surface area contributed by atoms with Gasteiger partial charge in [-0.2, -0.15) is 0 Å². The number of halogens is 1. The van der Waals surface area contributed by atoms with E-state index in [-0.39, 0.29) is 10.8 Å². The summed E-state index contributed by atoms with van der Waals surface area (Å²) in [6.45, 7) is 12.0. The van der Waals surface area contributed by atoms with Gasteiger partial charge in [-0.3, -0.25) is 0 Å². The molecule has 1 atom stereocenters. The van der Waals surface area contributed by atoms with Crippen LogP contribution in [0.2, 0.25) is 0 Å². The maximum atomic E-state index is 6.00. The molecule has 1 nitrogen and oxygen atoms in total. The van der Waals surface area contributed by atoms with E-state index in [0.717, 1.165) is 23.2 Å². The fraction of sp³-hybridized carbons (Fsp3) is 0.600. The van der Waals surface area contributed by atoms with Crippen molar-refractivity contribution in [2.45, 2.75) is 51.9 Å². The normalized spacial score (nSPS) is 23.4. The lowest BCUT2D eigenvalue weighted by Crippen LogP contribution is -2.22. The van der Waals surface area contributed by atoms with Gasteiger partial charge in [0, 0.05) is 21.0 Å². The molecule has 0 aliphatic carbocycles. The average molecular weight is 297 g/mol. The van der Waals surface area contributed by atoms with Gasteiger partial charge in [0.1, 0.15) is 5.75 Å². The van der Waals surface area contributed by atoms with E-state index < -0.39 is 0 Å². The number of hydrogen-bond acceptors (Lipinski definition) is 1. The van der Waals surface area contributed by atoms with Crippen molar-refractivity contribution in [3.05, 3.63) is 27.7 Å². The lowest BCUT2D eigenvalue weighted by molar-refractivity contribution is 0.269. The van der Waals surface area contributed by atoms with E-state index in [2.05, 4.69) is 62.7 Å². The first kappa shape index (κ1) is 12.9. The van der Waals surface area contributed by atoms with Crippen LogP contribution < -0.4 is 4.74 Å². The Labute approximate surface area is 113 Å². The second-order valence-electron chi connectivity index (χ2n) is 6.28. The quantitative estimate of drug-likeness (QED) is 0.723. The molecule has 94 valence electrons. The number of benzene rings is 1. The molecule has 2 rings (SSSR count). The molecule has 0 N–H and O–H groups in total. The van der Waals surface area contributed by atoms with Crippen LogP contribution in [0.3, 0.4) is 0 Å². The van der Waals surface area contributed by atoms with Gasteiger partial charge in [-0.05, 0) is 24.0 Å². The van der Waals surface area contributed by atoms with E-state index in [0.29, 0.717) is 0 Å². The molecule has 0 saturated carbocycles. The smallest absolute Gasteiger partial charge is 0.127 e. The Hall–Kier alpha value is -0.500. The van der Waals surface area contributed by atoms with Crippen LogP contribution in [0.5, 0.6) is 5.75 Å². The molecule has 0 fully saturated rings. The molecule has 1 aliphatic heterocycles. The third-order valence-corrected chi connectivity index (χ3v) is 4.29. The predicted octanol–water partition coefficient (Wildman–Crippen LogP) is 4.81. The summed E-state index contributed by atoms with van der Waals surface area (Å²) in [6, 6.07) is 4.42. The van der Waals surface area contributed by atoms with Crippen molar-refractivity contribution in [3.8, 4) is 5.75 Å². The highest BCUT2D eigenvalue weighted by Crippen LogP contribution is 2.47. The number of rotatable bonds is 1. The predicted molar refractivity (Wildman–Crippen MR) is 76.0 cm³/mol. The van der Waals surface area contributed by atoms with E-state index in [9.17, 15) is 0 Å². The molecule has 17 heavy (non-hydrogen) atoms. The summed E-state index contributed by atoms with van der Waals surface area (Å²) in [5.41, 5.74) is 2.95. The highest BCUT2D eigenvalue weighted by molar-refractivity contribution is 9.10. The van der Waals surface area contributed by atoms with Crippen LogP contribution in [0, 0.1) is 0 Å². The van der Waals surface area contributed by atoms with Crippen LogP contribution in [0.4, 0.5) is 0 Å². The monoisotopic (exact) mass is 296 g/mol. The standard InChI is InChI=1S/C15H21BrO/c1-6-15(5)9-17-13-11(14(2,3)4)7-10(16)8-12(13)15/h7-8H,6,9H2,1-5H3/t15-/m0/s1. The molecule has 0 bridgehead atoms. The van der Waals surface area contributed by atoms with E-state index in [4.69, 9.17) is 4.74 Å². The Bertz CT molecular complexity index is 445. The van der Waals surface area contributed by atoms with Gasteiger partial charge in [0.15, 0.2) is 0 Å². The topological polar surface area (TPSA) is 9.23 Å². The van der Waals surface area contributed by atoms with Gasteiger partial charge in [-0.15, -0.1) is 0 Å². The second kappa shape index (κ2) is 4.01. The molecule has 1 aromatic rings. The minimum absolute atomic E-state index is 0.118. The minimum atomic E-state index is 0.118. The summed E-state index contributed by atoms with van der Waals surface area (Å²) >= 11 is 3.63. The fourth-order valence-electron chi connectivity index (χ4n) is 2.36. The first-order chi connectivity index (χ1) is 7.78. The second-order valence-corrected chi connectivity index (χ2v) is 7.20. The van der Waals surface area contributed by atoms with Crippen LogP contribution in [-0.4, -0.2) is 6.61 Å². The summed E-state index contributed by atoms with van der Waals surface area (Å²) in [7, 11) is 0. The van der Waals surface area contributed by atoms with Crippen LogP contribution >= 0.6 is 15.9 Å². The molecular formula is C15H21BrO. The number of ether oxygens (including phenoxy) is 1. The van der Waals surface area contributed by atoms with Gasteiger partial charge >= 0.3 is 0 Å². The van der Waals surface area contributed by atoms with Gasteiger partial charge in [0.05, 0.1) is 6.61 Å². The molecule has 0 spiro atoms. The highest BCUT2D eigenvalue weighted by Gasteiger charge is 2.38. The Morgan fingerprint density at radius 1 is 1.35 bits per heavy atom. The lowest BCUT2D eigenvalue weighted by Gasteiger charge is -2.24. The summed E-state index contributed by atoms with van der Waals surface area (Å²) in [6.07, 6.45) is 1.11. The van der Waals surface area contributed by atoms with Crippen LogP contribution in [0.1, 0.15) is 52.2 Å². The molecule has 0 amide bonds. The largest absolute Gasteiger partial charge is 0.492 e. The maximum absolute atomic E-state index is 6.00. The first-order valence-corrected chi connectivity index (χ1v) is 7.04. The van der Waals surface area contributed by atoms with E-state index in [1.165, 1.54) is 11.1 Å². The number of fused-ring (bicyclic) bond motifs is 1.